The minimum Gasteiger partial charge on any atom is -0.496 e. The van der Waals surface area contributed by atoms with Crippen LogP contribution in [0.2, 0.25) is 0 Å². The molecule has 1 aromatic rings. The third-order valence-electron chi connectivity index (χ3n) is 2.64. The zero-order chi connectivity index (χ0) is 14.8. The van der Waals surface area contributed by atoms with Crippen LogP contribution < -0.4 is 15.4 Å². The number of benzene rings is 1. The highest BCUT2D eigenvalue weighted by Crippen LogP contribution is 2.17. The normalized spacial score (nSPS) is 11.0. The summed E-state index contributed by atoms with van der Waals surface area (Å²) in [6, 6.07) is 8.23. The van der Waals surface area contributed by atoms with Crippen LogP contribution >= 0.6 is 24.0 Å². The first-order chi connectivity index (χ1) is 9.67. The second-order valence-electron chi connectivity index (χ2n) is 4.66. The van der Waals surface area contributed by atoms with Crippen molar-refractivity contribution in [2.24, 2.45) is 4.99 Å². The van der Waals surface area contributed by atoms with Gasteiger partial charge in [-0.25, -0.2) is 0 Å². The molecule has 0 saturated heterocycles. The molecule has 0 radical (unpaired) electrons. The number of nitrogens with one attached hydrogen (secondary N) is 2. The Hall–Kier alpha value is -1.02. The Morgan fingerprint density at radius 2 is 2.00 bits per heavy atom. The Morgan fingerprint density at radius 3 is 2.62 bits per heavy atom. The number of rotatable bonds is 7. The largest absolute Gasteiger partial charge is 0.496 e. The van der Waals surface area contributed by atoms with E-state index in [0.717, 1.165) is 17.3 Å². The molecule has 0 unspecified atom stereocenters. The molecular formula is C15H26IN3O2. The highest BCUT2D eigenvalue weighted by molar-refractivity contribution is 14.0. The van der Waals surface area contributed by atoms with Gasteiger partial charge in [-0.3, -0.25) is 4.99 Å². The van der Waals surface area contributed by atoms with E-state index in [-0.39, 0.29) is 24.0 Å². The maximum atomic E-state index is 5.64. The Labute approximate surface area is 144 Å². The quantitative estimate of drug-likeness (QED) is 0.316. The van der Waals surface area contributed by atoms with Gasteiger partial charge in [0.2, 0.25) is 0 Å². The molecule has 0 aliphatic heterocycles. The number of aliphatic imine (C=N–C) groups is 1. The molecule has 0 bridgehead atoms. The van der Waals surface area contributed by atoms with Gasteiger partial charge in [-0.15, -0.1) is 24.0 Å². The van der Waals surface area contributed by atoms with Crippen LogP contribution in [0.25, 0.3) is 0 Å². The number of nitrogens with zero attached hydrogens (tertiary/aromatic N) is 1. The van der Waals surface area contributed by atoms with Gasteiger partial charge in [0.05, 0.1) is 20.3 Å². The zero-order valence-electron chi connectivity index (χ0n) is 13.2. The van der Waals surface area contributed by atoms with Gasteiger partial charge < -0.3 is 20.1 Å². The van der Waals surface area contributed by atoms with Crippen LogP contribution in [-0.4, -0.2) is 39.3 Å². The lowest BCUT2D eigenvalue weighted by Crippen LogP contribution is -2.42. The van der Waals surface area contributed by atoms with Gasteiger partial charge in [-0.1, -0.05) is 18.2 Å². The zero-order valence-corrected chi connectivity index (χ0v) is 15.5. The predicted octanol–water partition coefficient (Wildman–Crippen LogP) is 2.40. The van der Waals surface area contributed by atoms with Crippen LogP contribution in [0.5, 0.6) is 5.75 Å². The van der Waals surface area contributed by atoms with E-state index in [1.54, 1.807) is 14.2 Å². The molecule has 2 N–H and O–H groups in total. The molecule has 0 heterocycles. The average molecular weight is 407 g/mol. The van der Waals surface area contributed by atoms with Gasteiger partial charge in [0.1, 0.15) is 5.75 Å². The molecule has 0 spiro atoms. The standard InChI is InChI=1S/C15H25N3O2.HI/c1-12(2)18-15(16-3)17-9-10-20-11-13-7-5-6-8-14(13)19-4;/h5-8,12H,9-11H2,1-4H3,(H2,16,17,18);1H. The van der Waals surface area contributed by atoms with E-state index in [4.69, 9.17) is 9.47 Å². The van der Waals surface area contributed by atoms with Gasteiger partial charge >= 0.3 is 0 Å². The number of para-hydroxylation sites is 1. The number of hydrogen-bond donors (Lipinski definition) is 2. The maximum absolute atomic E-state index is 5.64. The SMILES string of the molecule is CN=C(NCCOCc1ccccc1OC)NC(C)C.I. The van der Waals surface area contributed by atoms with Crippen LogP contribution in [0.1, 0.15) is 19.4 Å². The fourth-order valence-electron chi connectivity index (χ4n) is 1.71. The van der Waals surface area contributed by atoms with Crippen molar-refractivity contribution in [2.45, 2.75) is 26.5 Å². The Morgan fingerprint density at radius 1 is 1.29 bits per heavy atom. The van der Waals surface area contributed by atoms with Crippen molar-refractivity contribution in [3.8, 4) is 5.75 Å². The molecule has 0 atom stereocenters. The molecule has 1 rings (SSSR count). The summed E-state index contributed by atoms with van der Waals surface area (Å²) in [6.45, 7) is 6.01. The molecule has 6 heteroatoms. The molecule has 5 nitrogen and oxygen atoms in total. The van der Waals surface area contributed by atoms with E-state index >= 15 is 0 Å². The van der Waals surface area contributed by atoms with Crippen LogP contribution in [0.15, 0.2) is 29.3 Å². The summed E-state index contributed by atoms with van der Waals surface area (Å²) >= 11 is 0. The first-order valence-corrected chi connectivity index (χ1v) is 6.84. The van der Waals surface area contributed by atoms with Crippen molar-refractivity contribution in [1.29, 1.82) is 0 Å². The van der Waals surface area contributed by atoms with Gasteiger partial charge in [0, 0.05) is 25.2 Å². The summed E-state index contributed by atoms with van der Waals surface area (Å²) in [5.41, 5.74) is 1.06. The van der Waals surface area contributed by atoms with Crippen LogP contribution in [0.3, 0.4) is 0 Å². The number of hydrogen-bond acceptors (Lipinski definition) is 3. The number of methoxy groups -OCH3 is 1. The summed E-state index contributed by atoms with van der Waals surface area (Å²) in [7, 11) is 3.43. The van der Waals surface area contributed by atoms with E-state index in [1.807, 2.05) is 24.3 Å². The smallest absolute Gasteiger partial charge is 0.191 e. The molecule has 0 fully saturated rings. The summed E-state index contributed by atoms with van der Waals surface area (Å²) in [5, 5.41) is 6.42. The Kier molecular flexibility index (Phi) is 11.1. The lowest BCUT2D eigenvalue weighted by molar-refractivity contribution is 0.123. The van der Waals surface area contributed by atoms with Crippen molar-refractivity contribution in [3.05, 3.63) is 29.8 Å². The number of guanidine groups is 1. The van der Waals surface area contributed by atoms with E-state index in [1.165, 1.54) is 0 Å². The van der Waals surface area contributed by atoms with E-state index in [2.05, 4.69) is 29.5 Å². The van der Waals surface area contributed by atoms with Crippen LogP contribution in [-0.2, 0) is 11.3 Å². The molecule has 21 heavy (non-hydrogen) atoms. The van der Waals surface area contributed by atoms with Gasteiger partial charge in [0.15, 0.2) is 5.96 Å². The van der Waals surface area contributed by atoms with Crippen molar-refractivity contribution in [1.82, 2.24) is 10.6 Å². The second kappa shape index (κ2) is 11.6. The minimum absolute atomic E-state index is 0. The van der Waals surface area contributed by atoms with Crippen LogP contribution in [0, 0.1) is 0 Å². The predicted molar refractivity (Wildman–Crippen MR) is 97.7 cm³/mol. The van der Waals surface area contributed by atoms with E-state index in [9.17, 15) is 0 Å². The molecule has 0 aliphatic carbocycles. The molecule has 0 aliphatic rings. The highest BCUT2D eigenvalue weighted by atomic mass is 127. The first-order valence-electron chi connectivity index (χ1n) is 6.84. The van der Waals surface area contributed by atoms with E-state index < -0.39 is 0 Å². The number of halogens is 1. The maximum Gasteiger partial charge on any atom is 0.191 e. The van der Waals surface area contributed by atoms with Crippen molar-refractivity contribution in [3.63, 3.8) is 0 Å². The highest BCUT2D eigenvalue weighted by Gasteiger charge is 2.02. The van der Waals surface area contributed by atoms with E-state index in [0.29, 0.717) is 25.8 Å². The van der Waals surface area contributed by atoms with Gasteiger partial charge in [-0.05, 0) is 19.9 Å². The van der Waals surface area contributed by atoms with Gasteiger partial charge in [-0.2, -0.15) is 0 Å². The molecule has 0 saturated carbocycles. The van der Waals surface area contributed by atoms with Crippen molar-refractivity contribution >= 4 is 29.9 Å². The Balaban J connectivity index is 0.00000400. The van der Waals surface area contributed by atoms with Gasteiger partial charge in [0.25, 0.3) is 0 Å². The molecule has 1 aromatic carbocycles. The summed E-state index contributed by atoms with van der Waals surface area (Å²) < 4.78 is 10.9. The lowest BCUT2D eigenvalue weighted by atomic mass is 10.2. The number of ether oxygens (including phenoxy) is 2. The summed E-state index contributed by atoms with van der Waals surface area (Å²) in [4.78, 5) is 4.13. The van der Waals surface area contributed by atoms with Crippen molar-refractivity contribution < 1.29 is 9.47 Å². The lowest BCUT2D eigenvalue weighted by Gasteiger charge is -2.14. The van der Waals surface area contributed by atoms with Crippen LogP contribution in [0.4, 0.5) is 0 Å². The minimum atomic E-state index is 0. The summed E-state index contributed by atoms with van der Waals surface area (Å²) in [5.74, 6) is 1.65. The fraction of sp³-hybridized carbons (Fsp3) is 0.533. The Bertz CT molecular complexity index is 425. The average Bonchev–Trinajstić information content (AvgIpc) is 2.45. The topological polar surface area (TPSA) is 54.9 Å². The third-order valence-corrected chi connectivity index (χ3v) is 2.64. The summed E-state index contributed by atoms with van der Waals surface area (Å²) in [6.07, 6.45) is 0. The molecular weight excluding hydrogens is 381 g/mol. The fourth-order valence-corrected chi connectivity index (χ4v) is 1.71. The first kappa shape index (κ1) is 20.0. The third kappa shape index (κ3) is 8.11. The van der Waals surface area contributed by atoms with Crippen molar-refractivity contribution in [2.75, 3.05) is 27.3 Å². The molecule has 0 aromatic heterocycles. The monoisotopic (exact) mass is 407 g/mol. The second-order valence-corrected chi connectivity index (χ2v) is 4.66. The molecule has 0 amide bonds. The molecule has 120 valence electrons.